The van der Waals surface area contributed by atoms with E-state index < -0.39 is 0 Å². The Morgan fingerprint density at radius 3 is 2.40 bits per heavy atom. The molecule has 1 saturated carbocycles. The summed E-state index contributed by atoms with van der Waals surface area (Å²) < 4.78 is 1.87. The zero-order valence-corrected chi connectivity index (χ0v) is 11.0. The molecule has 98 valence electrons. The first-order chi connectivity index (χ1) is 9.84. The fourth-order valence-electron chi connectivity index (χ4n) is 2.61. The number of aromatic nitrogens is 2. The molecule has 2 aromatic carbocycles. The van der Waals surface area contributed by atoms with Gasteiger partial charge < -0.3 is 0 Å². The first kappa shape index (κ1) is 11.4. The van der Waals surface area contributed by atoms with Crippen molar-refractivity contribution in [1.82, 2.24) is 9.55 Å². The van der Waals surface area contributed by atoms with Crippen LogP contribution >= 0.6 is 0 Å². The number of nitrogens with zero attached hydrogens (tertiary/aromatic N) is 2. The Kier molecular flexibility index (Phi) is 2.46. The molecule has 0 N–H and O–H groups in total. The van der Waals surface area contributed by atoms with E-state index in [9.17, 15) is 4.79 Å². The summed E-state index contributed by atoms with van der Waals surface area (Å²) in [5.41, 5.74) is 1.85. The van der Waals surface area contributed by atoms with Gasteiger partial charge in [-0.2, -0.15) is 0 Å². The molecule has 0 radical (unpaired) electrons. The third kappa shape index (κ3) is 1.74. The van der Waals surface area contributed by atoms with Crippen molar-refractivity contribution in [2.24, 2.45) is 0 Å². The molecule has 1 aliphatic carbocycles. The Bertz CT molecular complexity index is 832. The average molecular weight is 262 g/mol. The predicted octanol–water partition coefficient (Wildman–Crippen LogP) is 3.40. The second kappa shape index (κ2) is 4.30. The Balaban J connectivity index is 2.09. The highest BCUT2D eigenvalue weighted by Gasteiger charge is 2.28. The molecule has 1 aliphatic rings. The van der Waals surface area contributed by atoms with Crippen LogP contribution < -0.4 is 5.56 Å². The fourth-order valence-corrected chi connectivity index (χ4v) is 2.61. The van der Waals surface area contributed by atoms with E-state index in [2.05, 4.69) is 0 Å². The quantitative estimate of drug-likeness (QED) is 0.709. The molecular weight excluding hydrogens is 248 g/mol. The van der Waals surface area contributed by atoms with Crippen molar-refractivity contribution in [3.63, 3.8) is 0 Å². The number of benzene rings is 2. The second-order valence-electron chi connectivity index (χ2n) is 5.22. The normalized spacial score (nSPS) is 14.6. The van der Waals surface area contributed by atoms with E-state index in [0.717, 1.165) is 29.7 Å². The minimum Gasteiger partial charge on any atom is -0.289 e. The zero-order chi connectivity index (χ0) is 13.5. The molecule has 0 unspecified atom stereocenters. The van der Waals surface area contributed by atoms with E-state index in [4.69, 9.17) is 4.98 Å². The first-order valence-electron chi connectivity index (χ1n) is 6.91. The van der Waals surface area contributed by atoms with Gasteiger partial charge in [0.1, 0.15) is 5.82 Å². The molecule has 20 heavy (non-hydrogen) atoms. The van der Waals surface area contributed by atoms with E-state index in [0.29, 0.717) is 11.4 Å². The lowest BCUT2D eigenvalue weighted by Gasteiger charge is -2.12. The maximum Gasteiger partial charge on any atom is 0.261 e. The highest BCUT2D eigenvalue weighted by atomic mass is 16.1. The van der Waals surface area contributed by atoms with Crippen LogP contribution in [0.3, 0.4) is 0 Å². The van der Waals surface area contributed by atoms with E-state index in [-0.39, 0.29) is 5.56 Å². The van der Waals surface area contributed by atoms with E-state index in [1.54, 1.807) is 0 Å². The largest absolute Gasteiger partial charge is 0.289 e. The molecule has 1 heterocycles. The minimum atomic E-state index is 0.0805. The highest BCUT2D eigenvalue weighted by Crippen LogP contribution is 2.36. The summed E-state index contributed by atoms with van der Waals surface area (Å²) in [6.45, 7) is 0. The number of hydrogen-bond donors (Lipinski definition) is 0. The van der Waals surface area contributed by atoms with E-state index in [1.165, 1.54) is 0 Å². The van der Waals surface area contributed by atoms with Gasteiger partial charge >= 0.3 is 0 Å². The van der Waals surface area contributed by atoms with Crippen LogP contribution in [0.15, 0.2) is 59.4 Å². The van der Waals surface area contributed by atoms with Crippen LogP contribution in [0.25, 0.3) is 22.3 Å². The lowest BCUT2D eigenvalue weighted by molar-refractivity contribution is 0.708. The Morgan fingerprint density at radius 2 is 1.65 bits per heavy atom. The monoisotopic (exact) mass is 262 g/mol. The third-order valence-electron chi connectivity index (χ3n) is 3.75. The molecule has 3 aromatic rings. The number of fused-ring (bicyclic) bond motifs is 1. The summed E-state index contributed by atoms with van der Waals surface area (Å²) in [6, 6.07) is 17.8. The summed E-state index contributed by atoms with van der Waals surface area (Å²) in [5.74, 6) is 0.789. The van der Waals surface area contributed by atoms with Crippen LogP contribution in [0.4, 0.5) is 0 Å². The summed E-state index contributed by atoms with van der Waals surface area (Å²) in [6.07, 6.45) is 2.14. The summed E-state index contributed by atoms with van der Waals surface area (Å²) in [7, 11) is 0. The molecule has 1 fully saturated rings. The zero-order valence-electron chi connectivity index (χ0n) is 11.0. The van der Waals surface area contributed by atoms with Crippen LogP contribution in [0.5, 0.6) is 0 Å². The van der Waals surface area contributed by atoms with Gasteiger partial charge in [-0.15, -0.1) is 0 Å². The molecule has 3 heteroatoms. The molecule has 0 aliphatic heterocycles. The van der Waals surface area contributed by atoms with Gasteiger partial charge in [0.05, 0.1) is 10.9 Å². The van der Waals surface area contributed by atoms with Crippen molar-refractivity contribution in [3.05, 3.63) is 65.0 Å². The van der Waals surface area contributed by atoms with Crippen LogP contribution in [0.2, 0.25) is 0 Å². The average Bonchev–Trinajstić information content (AvgIpc) is 3.33. The molecular formula is C17H14N2O. The molecule has 0 bridgehead atoms. The van der Waals surface area contributed by atoms with Gasteiger partial charge in [-0.05, 0) is 25.0 Å². The molecule has 0 amide bonds. The van der Waals surface area contributed by atoms with Gasteiger partial charge in [0, 0.05) is 11.6 Å². The van der Waals surface area contributed by atoms with Gasteiger partial charge in [-0.25, -0.2) is 4.98 Å². The van der Waals surface area contributed by atoms with Crippen molar-refractivity contribution in [2.45, 2.75) is 18.9 Å². The Hall–Kier alpha value is -2.42. The lowest BCUT2D eigenvalue weighted by Crippen LogP contribution is -2.22. The summed E-state index contributed by atoms with van der Waals surface area (Å²) >= 11 is 0. The van der Waals surface area contributed by atoms with Crippen LogP contribution in [0, 0.1) is 0 Å². The van der Waals surface area contributed by atoms with Crippen LogP contribution in [0.1, 0.15) is 18.9 Å². The van der Waals surface area contributed by atoms with Crippen LogP contribution in [-0.2, 0) is 0 Å². The van der Waals surface area contributed by atoms with E-state index >= 15 is 0 Å². The summed E-state index contributed by atoms with van der Waals surface area (Å²) in [5, 5.41) is 0.707. The minimum absolute atomic E-state index is 0.0805. The van der Waals surface area contributed by atoms with Crippen molar-refractivity contribution in [3.8, 4) is 11.4 Å². The maximum absolute atomic E-state index is 12.7. The van der Waals surface area contributed by atoms with Gasteiger partial charge in [0.2, 0.25) is 0 Å². The molecule has 4 rings (SSSR count). The molecule has 1 aromatic heterocycles. The summed E-state index contributed by atoms with van der Waals surface area (Å²) in [4.78, 5) is 17.5. The van der Waals surface area contributed by atoms with Crippen molar-refractivity contribution >= 4 is 10.9 Å². The number of hydrogen-bond acceptors (Lipinski definition) is 2. The van der Waals surface area contributed by atoms with Crippen molar-refractivity contribution in [2.75, 3.05) is 0 Å². The van der Waals surface area contributed by atoms with Crippen molar-refractivity contribution in [1.29, 1.82) is 0 Å². The second-order valence-corrected chi connectivity index (χ2v) is 5.22. The molecule has 0 saturated heterocycles. The Labute approximate surface area is 116 Å². The standard InChI is InChI=1S/C17H14N2O/c20-17-14-8-4-5-9-15(14)18-16(19(17)13-10-11-13)12-6-2-1-3-7-12/h1-9,13H,10-11H2. The molecule has 0 atom stereocenters. The SMILES string of the molecule is O=c1c2ccccc2nc(-c2ccccc2)n1C1CC1. The van der Waals surface area contributed by atoms with Crippen molar-refractivity contribution < 1.29 is 0 Å². The topological polar surface area (TPSA) is 34.9 Å². The van der Waals surface area contributed by atoms with Gasteiger partial charge in [-0.3, -0.25) is 9.36 Å². The smallest absolute Gasteiger partial charge is 0.261 e. The van der Waals surface area contributed by atoms with Crippen LogP contribution in [-0.4, -0.2) is 9.55 Å². The number of rotatable bonds is 2. The lowest BCUT2D eigenvalue weighted by atomic mass is 10.2. The highest BCUT2D eigenvalue weighted by molar-refractivity contribution is 5.79. The van der Waals surface area contributed by atoms with Gasteiger partial charge in [0.15, 0.2) is 0 Å². The van der Waals surface area contributed by atoms with Gasteiger partial charge in [0.25, 0.3) is 5.56 Å². The van der Waals surface area contributed by atoms with E-state index in [1.807, 2.05) is 59.2 Å². The third-order valence-corrected chi connectivity index (χ3v) is 3.75. The van der Waals surface area contributed by atoms with Gasteiger partial charge in [-0.1, -0.05) is 42.5 Å². The Morgan fingerprint density at radius 1 is 0.950 bits per heavy atom. The molecule has 0 spiro atoms. The maximum atomic E-state index is 12.7. The predicted molar refractivity (Wildman–Crippen MR) is 79.7 cm³/mol. The number of para-hydroxylation sites is 1. The first-order valence-corrected chi connectivity index (χ1v) is 6.91. The molecule has 3 nitrogen and oxygen atoms in total. The fraction of sp³-hybridized carbons (Fsp3) is 0.176.